The molecule has 0 unspecified atom stereocenters. The maximum atomic E-state index is 12.8. The number of nitrogens with two attached hydrogens (primary N) is 1. The van der Waals surface area contributed by atoms with Crippen LogP contribution < -0.4 is 10.5 Å². The van der Waals surface area contributed by atoms with Crippen molar-refractivity contribution in [1.29, 1.82) is 0 Å². The Labute approximate surface area is 179 Å². The molecule has 3 amide bonds. The van der Waals surface area contributed by atoms with Gasteiger partial charge in [0.05, 0.1) is 6.54 Å². The first-order valence-electron chi connectivity index (χ1n) is 10.2. The second-order valence-electron chi connectivity index (χ2n) is 7.80. The van der Waals surface area contributed by atoms with E-state index in [1.807, 2.05) is 24.3 Å². The third-order valence-electron chi connectivity index (χ3n) is 5.56. The molecule has 8 heteroatoms. The van der Waals surface area contributed by atoms with Gasteiger partial charge in [-0.15, -0.1) is 0 Å². The number of carbonyl (C=O) groups excluding carboxylic acids is 3. The molecule has 0 radical (unpaired) electrons. The number of hydrogen-bond acceptors (Lipinski definition) is 4. The number of benzene rings is 1. The fourth-order valence-electron chi connectivity index (χ4n) is 4.03. The Balaban J connectivity index is 1.63. The van der Waals surface area contributed by atoms with E-state index in [4.69, 9.17) is 10.5 Å². The van der Waals surface area contributed by atoms with Crippen LogP contribution in [0.4, 0.5) is 0 Å². The number of piperidine rings is 1. The van der Waals surface area contributed by atoms with Crippen LogP contribution in [-0.2, 0) is 14.4 Å². The van der Waals surface area contributed by atoms with Crippen molar-refractivity contribution in [1.82, 2.24) is 9.80 Å². The maximum Gasteiger partial charge on any atom is 0.242 e. The minimum absolute atomic E-state index is 0.0532. The molecule has 2 fully saturated rings. The van der Waals surface area contributed by atoms with Gasteiger partial charge in [-0.3, -0.25) is 14.4 Å². The van der Waals surface area contributed by atoms with Gasteiger partial charge in [-0.2, -0.15) is 0 Å². The quantitative estimate of drug-likeness (QED) is 0.697. The molecule has 0 saturated carbocycles. The molecule has 29 heavy (non-hydrogen) atoms. The molecule has 2 heterocycles. The summed E-state index contributed by atoms with van der Waals surface area (Å²) in [5.74, 6) is 0.112. The van der Waals surface area contributed by atoms with Crippen LogP contribution in [0.25, 0.3) is 0 Å². The Morgan fingerprint density at radius 1 is 1.21 bits per heavy atom. The summed E-state index contributed by atoms with van der Waals surface area (Å²) in [7, 11) is 0. The Morgan fingerprint density at radius 2 is 2.03 bits per heavy atom. The van der Waals surface area contributed by atoms with Gasteiger partial charge in [-0.25, -0.2) is 0 Å². The number of hydrogen-bond donors (Lipinski definition) is 1. The summed E-state index contributed by atoms with van der Waals surface area (Å²) in [4.78, 5) is 40.0. The van der Waals surface area contributed by atoms with Crippen LogP contribution in [0, 0.1) is 5.92 Å². The van der Waals surface area contributed by atoms with Gasteiger partial charge < -0.3 is 20.3 Å². The van der Waals surface area contributed by atoms with Crippen LogP contribution in [0.5, 0.6) is 5.75 Å². The van der Waals surface area contributed by atoms with Gasteiger partial charge in [0, 0.05) is 49.3 Å². The molecule has 2 aliphatic heterocycles. The van der Waals surface area contributed by atoms with E-state index >= 15 is 0 Å². The molecule has 1 aromatic carbocycles. The van der Waals surface area contributed by atoms with E-state index in [-0.39, 0.29) is 36.8 Å². The van der Waals surface area contributed by atoms with Crippen LogP contribution in [0.2, 0.25) is 0 Å². The van der Waals surface area contributed by atoms with Gasteiger partial charge in [0.1, 0.15) is 11.9 Å². The molecule has 2 saturated heterocycles. The molecule has 0 aliphatic carbocycles. The van der Waals surface area contributed by atoms with E-state index in [1.54, 1.807) is 9.80 Å². The summed E-state index contributed by atoms with van der Waals surface area (Å²) in [5, 5.41) is 0. The average Bonchev–Trinajstić information content (AvgIpc) is 2.87. The van der Waals surface area contributed by atoms with Crippen LogP contribution in [0.1, 0.15) is 38.5 Å². The first-order chi connectivity index (χ1) is 13.9. The van der Waals surface area contributed by atoms with E-state index in [0.717, 1.165) is 23.7 Å². The minimum Gasteiger partial charge on any atom is -0.490 e. The van der Waals surface area contributed by atoms with Crippen molar-refractivity contribution in [2.75, 3.05) is 26.2 Å². The van der Waals surface area contributed by atoms with Gasteiger partial charge in [0.25, 0.3) is 0 Å². The Morgan fingerprint density at radius 3 is 2.79 bits per heavy atom. The smallest absolute Gasteiger partial charge is 0.242 e. The molecule has 0 aromatic heterocycles. The number of nitrogens with zero attached hydrogens (tertiary/aromatic N) is 2. The lowest BCUT2D eigenvalue weighted by Gasteiger charge is -2.39. The molecular formula is C21H28BrN3O4. The molecule has 2 atom stereocenters. The fourth-order valence-corrected chi connectivity index (χ4v) is 4.41. The van der Waals surface area contributed by atoms with Gasteiger partial charge in [-0.05, 0) is 31.0 Å². The molecule has 1 aromatic rings. The van der Waals surface area contributed by atoms with E-state index < -0.39 is 5.91 Å². The number of halogens is 1. The average molecular weight is 466 g/mol. The maximum absolute atomic E-state index is 12.8. The van der Waals surface area contributed by atoms with Crippen LogP contribution in [0.3, 0.4) is 0 Å². The number of carbonyl (C=O) groups is 3. The van der Waals surface area contributed by atoms with E-state index in [9.17, 15) is 14.4 Å². The SMILES string of the molecule is NC(=O)C[C@H]1CN(C(=O)CN2CCCCCC2=O)CC[C@@H]1Oc1cccc(Br)c1. The lowest BCUT2D eigenvalue weighted by Crippen LogP contribution is -2.51. The zero-order chi connectivity index (χ0) is 20.8. The first kappa shape index (κ1) is 21.6. The van der Waals surface area contributed by atoms with Gasteiger partial charge in [0.2, 0.25) is 17.7 Å². The highest BCUT2D eigenvalue weighted by atomic mass is 79.9. The van der Waals surface area contributed by atoms with Crippen molar-refractivity contribution in [2.45, 2.75) is 44.6 Å². The summed E-state index contributed by atoms with van der Waals surface area (Å²) in [6.45, 7) is 1.69. The van der Waals surface area contributed by atoms with E-state index in [1.165, 1.54) is 0 Å². The summed E-state index contributed by atoms with van der Waals surface area (Å²) in [6.07, 6.45) is 3.94. The highest BCUT2D eigenvalue weighted by Crippen LogP contribution is 2.27. The normalized spacial score (nSPS) is 22.9. The van der Waals surface area contributed by atoms with Gasteiger partial charge in [0.15, 0.2) is 0 Å². The van der Waals surface area contributed by atoms with Crippen molar-refractivity contribution < 1.29 is 19.1 Å². The van der Waals surface area contributed by atoms with Crippen molar-refractivity contribution >= 4 is 33.7 Å². The number of amides is 3. The number of rotatable bonds is 6. The zero-order valence-electron chi connectivity index (χ0n) is 16.5. The van der Waals surface area contributed by atoms with Crippen molar-refractivity contribution in [2.24, 2.45) is 11.7 Å². The molecule has 0 spiro atoms. The highest BCUT2D eigenvalue weighted by Gasteiger charge is 2.34. The van der Waals surface area contributed by atoms with E-state index in [0.29, 0.717) is 38.2 Å². The predicted octanol–water partition coefficient (Wildman–Crippen LogP) is 2.32. The lowest BCUT2D eigenvalue weighted by atomic mass is 9.91. The molecule has 0 bridgehead atoms. The zero-order valence-corrected chi connectivity index (χ0v) is 18.1. The summed E-state index contributed by atoms with van der Waals surface area (Å²) >= 11 is 3.43. The molecule has 3 rings (SSSR count). The lowest BCUT2D eigenvalue weighted by molar-refractivity contribution is -0.142. The molecule has 2 N–H and O–H groups in total. The van der Waals surface area contributed by atoms with Crippen molar-refractivity contribution in [3.63, 3.8) is 0 Å². The fraction of sp³-hybridized carbons (Fsp3) is 0.571. The third-order valence-corrected chi connectivity index (χ3v) is 6.05. The van der Waals surface area contributed by atoms with Crippen molar-refractivity contribution in [3.8, 4) is 5.75 Å². The minimum atomic E-state index is -0.408. The van der Waals surface area contributed by atoms with E-state index in [2.05, 4.69) is 15.9 Å². The molecule has 158 valence electrons. The summed E-state index contributed by atoms with van der Waals surface area (Å²) in [5.41, 5.74) is 5.45. The third kappa shape index (κ3) is 6.19. The molecule has 7 nitrogen and oxygen atoms in total. The monoisotopic (exact) mass is 465 g/mol. The number of likely N-dealkylation sites (tertiary alicyclic amines) is 2. The predicted molar refractivity (Wildman–Crippen MR) is 112 cm³/mol. The second-order valence-corrected chi connectivity index (χ2v) is 8.71. The Hall–Kier alpha value is -2.09. The second kappa shape index (κ2) is 10.1. The Bertz CT molecular complexity index is 757. The standard InChI is InChI=1S/C21H28BrN3O4/c22-16-5-4-6-17(12-16)29-18-8-10-25(13-15(18)11-19(23)26)21(28)14-24-9-3-1-2-7-20(24)27/h4-6,12,15,18H,1-3,7-11,13-14H2,(H2,23,26)/t15-,18-/m0/s1. The molecular weight excluding hydrogens is 438 g/mol. The van der Waals surface area contributed by atoms with Gasteiger partial charge in [-0.1, -0.05) is 28.4 Å². The first-order valence-corrected chi connectivity index (χ1v) is 11.0. The van der Waals surface area contributed by atoms with Crippen LogP contribution >= 0.6 is 15.9 Å². The highest BCUT2D eigenvalue weighted by molar-refractivity contribution is 9.10. The summed E-state index contributed by atoms with van der Waals surface area (Å²) < 4.78 is 7.03. The topological polar surface area (TPSA) is 92.9 Å². The van der Waals surface area contributed by atoms with Crippen molar-refractivity contribution in [3.05, 3.63) is 28.7 Å². The number of ether oxygens (including phenoxy) is 1. The molecule has 2 aliphatic rings. The van der Waals surface area contributed by atoms with Gasteiger partial charge >= 0.3 is 0 Å². The number of primary amides is 1. The summed E-state index contributed by atoms with van der Waals surface area (Å²) in [6, 6.07) is 7.55. The largest absolute Gasteiger partial charge is 0.490 e. The van der Waals surface area contributed by atoms with Crippen LogP contribution in [-0.4, -0.2) is 59.8 Å². The Kier molecular flexibility index (Phi) is 7.52. The van der Waals surface area contributed by atoms with Crippen LogP contribution in [0.15, 0.2) is 28.7 Å².